The molecule has 3 rings (SSSR count). The topological polar surface area (TPSA) is 86.4 Å². The molecule has 27 heavy (non-hydrogen) atoms. The van der Waals surface area contributed by atoms with Crippen molar-refractivity contribution in [2.45, 2.75) is 38.5 Å². The summed E-state index contributed by atoms with van der Waals surface area (Å²) in [5, 5.41) is 7.09. The number of nitrogens with zero attached hydrogens (tertiary/aromatic N) is 3. The normalized spacial score (nSPS) is 15.9. The first-order chi connectivity index (χ1) is 12.8. The molecule has 1 aliphatic rings. The summed E-state index contributed by atoms with van der Waals surface area (Å²) in [6.45, 7) is 7.30. The van der Waals surface area contributed by atoms with Crippen LogP contribution in [0.3, 0.4) is 0 Å². The molecule has 1 aromatic heterocycles. The molecule has 146 valence electrons. The largest absolute Gasteiger partial charge is 0.340 e. The highest BCUT2D eigenvalue weighted by atomic mass is 32.2. The van der Waals surface area contributed by atoms with Crippen molar-refractivity contribution < 1.29 is 13.2 Å². The Morgan fingerprint density at radius 3 is 2.26 bits per heavy atom. The van der Waals surface area contributed by atoms with E-state index < -0.39 is 10.0 Å². The number of benzene rings is 1. The molecule has 0 radical (unpaired) electrons. The number of amides is 1. The van der Waals surface area contributed by atoms with Gasteiger partial charge in [-0.1, -0.05) is 17.7 Å². The molecule has 7 nitrogen and oxygen atoms in total. The van der Waals surface area contributed by atoms with Crippen LogP contribution in [0.5, 0.6) is 0 Å². The fourth-order valence-electron chi connectivity index (χ4n) is 3.37. The molecule has 2 aromatic rings. The molecular weight excluding hydrogens is 364 g/mol. The van der Waals surface area contributed by atoms with Gasteiger partial charge < -0.3 is 4.90 Å². The summed E-state index contributed by atoms with van der Waals surface area (Å²) >= 11 is 0. The molecule has 0 atom stereocenters. The molecule has 0 saturated carbocycles. The summed E-state index contributed by atoms with van der Waals surface area (Å²) in [6.07, 6.45) is 1.06. The molecule has 0 unspecified atom stereocenters. The van der Waals surface area contributed by atoms with E-state index in [0.717, 1.165) is 22.5 Å². The molecule has 1 saturated heterocycles. The smallest absolute Gasteiger partial charge is 0.243 e. The Morgan fingerprint density at radius 1 is 1.07 bits per heavy atom. The number of carbonyl (C=O) groups is 1. The Kier molecular flexibility index (Phi) is 5.67. The number of nitrogens with one attached hydrogen (secondary N) is 1. The Bertz CT molecular complexity index is 891. The first kappa shape index (κ1) is 19.6. The van der Waals surface area contributed by atoms with Gasteiger partial charge in [-0.2, -0.15) is 9.40 Å². The van der Waals surface area contributed by atoms with Crippen LogP contribution in [0, 0.1) is 20.8 Å². The minimum Gasteiger partial charge on any atom is -0.340 e. The lowest BCUT2D eigenvalue weighted by molar-refractivity contribution is -0.132. The van der Waals surface area contributed by atoms with E-state index in [9.17, 15) is 13.2 Å². The van der Waals surface area contributed by atoms with Crippen molar-refractivity contribution in [1.82, 2.24) is 19.4 Å². The summed E-state index contributed by atoms with van der Waals surface area (Å²) in [6, 6.07) is 6.87. The van der Waals surface area contributed by atoms with Gasteiger partial charge in [0.1, 0.15) is 0 Å². The molecule has 1 N–H and O–H groups in total. The van der Waals surface area contributed by atoms with E-state index in [2.05, 4.69) is 10.2 Å². The van der Waals surface area contributed by atoms with Gasteiger partial charge in [-0.3, -0.25) is 9.89 Å². The van der Waals surface area contributed by atoms with Gasteiger partial charge in [-0.25, -0.2) is 8.42 Å². The molecule has 1 aromatic carbocycles. The molecule has 8 heteroatoms. The molecule has 0 spiro atoms. The zero-order valence-corrected chi connectivity index (χ0v) is 16.8. The average molecular weight is 391 g/mol. The number of piperazine rings is 1. The van der Waals surface area contributed by atoms with Crippen LogP contribution in [-0.2, 0) is 21.2 Å². The third-order valence-corrected chi connectivity index (χ3v) is 7.03. The van der Waals surface area contributed by atoms with E-state index in [4.69, 9.17) is 0 Å². The Balaban J connectivity index is 1.56. The Morgan fingerprint density at radius 2 is 1.70 bits per heavy atom. The predicted octanol–water partition coefficient (Wildman–Crippen LogP) is 1.80. The fourth-order valence-corrected chi connectivity index (χ4v) is 4.79. The number of hydrogen-bond donors (Lipinski definition) is 1. The first-order valence-electron chi connectivity index (χ1n) is 9.14. The maximum Gasteiger partial charge on any atom is 0.243 e. The SMILES string of the molecule is Cc1ccc(S(=O)(=O)N2CCN(C(=O)CCc3c(C)n[nH]c3C)CC2)cc1. The van der Waals surface area contributed by atoms with Gasteiger partial charge in [0.05, 0.1) is 10.6 Å². The van der Waals surface area contributed by atoms with E-state index in [-0.39, 0.29) is 5.91 Å². The number of rotatable bonds is 5. The summed E-state index contributed by atoms with van der Waals surface area (Å²) in [7, 11) is -3.50. The summed E-state index contributed by atoms with van der Waals surface area (Å²) in [5.41, 5.74) is 4.03. The molecule has 1 aliphatic heterocycles. The summed E-state index contributed by atoms with van der Waals surface area (Å²) in [4.78, 5) is 14.6. The van der Waals surface area contributed by atoms with E-state index in [1.807, 2.05) is 20.8 Å². The minimum atomic E-state index is -3.50. The van der Waals surface area contributed by atoms with Crippen LogP contribution in [0.2, 0.25) is 0 Å². The second-order valence-electron chi connectivity index (χ2n) is 7.01. The highest BCUT2D eigenvalue weighted by Gasteiger charge is 2.30. The van der Waals surface area contributed by atoms with Crippen molar-refractivity contribution in [3.63, 3.8) is 0 Å². The third-order valence-electron chi connectivity index (χ3n) is 5.12. The Hall–Kier alpha value is -2.19. The van der Waals surface area contributed by atoms with E-state index in [1.54, 1.807) is 29.2 Å². The summed E-state index contributed by atoms with van der Waals surface area (Å²) in [5.74, 6) is 0.0578. The fraction of sp³-hybridized carbons (Fsp3) is 0.474. The number of aromatic nitrogens is 2. The van der Waals surface area contributed by atoms with Crippen LogP contribution >= 0.6 is 0 Å². The van der Waals surface area contributed by atoms with Crippen LogP contribution in [0.4, 0.5) is 0 Å². The van der Waals surface area contributed by atoms with Crippen molar-refractivity contribution in [2.24, 2.45) is 0 Å². The lowest BCUT2D eigenvalue weighted by Crippen LogP contribution is -2.50. The number of sulfonamides is 1. The van der Waals surface area contributed by atoms with Crippen LogP contribution < -0.4 is 0 Å². The summed E-state index contributed by atoms with van der Waals surface area (Å²) < 4.78 is 27.0. The highest BCUT2D eigenvalue weighted by Crippen LogP contribution is 2.19. The molecule has 0 aliphatic carbocycles. The van der Waals surface area contributed by atoms with Crippen LogP contribution in [0.15, 0.2) is 29.2 Å². The standard InChI is InChI=1S/C19H26N4O3S/c1-14-4-6-17(7-5-14)27(25,26)23-12-10-22(11-13-23)19(24)9-8-18-15(2)20-21-16(18)3/h4-7H,8-13H2,1-3H3,(H,20,21). The maximum absolute atomic E-state index is 12.7. The average Bonchev–Trinajstić information content (AvgIpc) is 2.98. The second-order valence-corrected chi connectivity index (χ2v) is 8.95. The molecule has 2 heterocycles. The van der Waals surface area contributed by atoms with Gasteiger partial charge in [0.15, 0.2) is 0 Å². The molecule has 1 fully saturated rings. The van der Waals surface area contributed by atoms with Crippen molar-refractivity contribution in [3.8, 4) is 0 Å². The maximum atomic E-state index is 12.7. The van der Waals surface area contributed by atoms with Gasteiger partial charge in [0.25, 0.3) is 0 Å². The molecular formula is C19H26N4O3S. The third kappa shape index (κ3) is 4.22. The van der Waals surface area contributed by atoms with Gasteiger partial charge >= 0.3 is 0 Å². The Labute approximate surface area is 160 Å². The lowest BCUT2D eigenvalue weighted by Gasteiger charge is -2.34. The number of carbonyl (C=O) groups excluding carboxylic acids is 1. The molecule has 0 bridgehead atoms. The van der Waals surface area contributed by atoms with Gasteiger partial charge in [0.2, 0.25) is 15.9 Å². The zero-order chi connectivity index (χ0) is 19.6. The van der Waals surface area contributed by atoms with Crippen LogP contribution in [0.1, 0.15) is 28.9 Å². The lowest BCUT2D eigenvalue weighted by atomic mass is 10.1. The van der Waals surface area contributed by atoms with Crippen molar-refractivity contribution >= 4 is 15.9 Å². The number of H-pyrrole nitrogens is 1. The van der Waals surface area contributed by atoms with Crippen molar-refractivity contribution in [1.29, 1.82) is 0 Å². The highest BCUT2D eigenvalue weighted by molar-refractivity contribution is 7.89. The van der Waals surface area contributed by atoms with Crippen LogP contribution in [0.25, 0.3) is 0 Å². The van der Waals surface area contributed by atoms with E-state index in [1.165, 1.54) is 4.31 Å². The van der Waals surface area contributed by atoms with Gasteiger partial charge in [-0.15, -0.1) is 0 Å². The first-order valence-corrected chi connectivity index (χ1v) is 10.6. The number of aryl methyl sites for hydroxylation is 3. The second kappa shape index (κ2) is 7.82. The van der Waals surface area contributed by atoms with E-state index >= 15 is 0 Å². The van der Waals surface area contributed by atoms with Gasteiger partial charge in [0, 0.05) is 38.3 Å². The predicted molar refractivity (Wildman–Crippen MR) is 103 cm³/mol. The number of hydrogen-bond acceptors (Lipinski definition) is 4. The van der Waals surface area contributed by atoms with E-state index in [0.29, 0.717) is 43.9 Å². The molecule has 1 amide bonds. The number of aromatic amines is 1. The quantitative estimate of drug-likeness (QED) is 0.843. The minimum absolute atomic E-state index is 0.0578. The van der Waals surface area contributed by atoms with Crippen LogP contribution in [-0.4, -0.2) is 59.9 Å². The monoisotopic (exact) mass is 390 g/mol. The van der Waals surface area contributed by atoms with Gasteiger partial charge in [-0.05, 0) is 44.9 Å². The van der Waals surface area contributed by atoms with Crippen molar-refractivity contribution in [2.75, 3.05) is 26.2 Å². The van der Waals surface area contributed by atoms with Crippen molar-refractivity contribution in [3.05, 3.63) is 46.8 Å². The zero-order valence-electron chi connectivity index (χ0n) is 16.0.